The van der Waals surface area contributed by atoms with Crippen LogP contribution in [-0.4, -0.2) is 30.1 Å². The lowest BCUT2D eigenvalue weighted by Crippen LogP contribution is -2.14. The van der Waals surface area contributed by atoms with E-state index in [0.717, 1.165) is 25.9 Å². The highest BCUT2D eigenvalue weighted by molar-refractivity contribution is 5.94. The Morgan fingerprint density at radius 1 is 1.55 bits per heavy atom. The predicted octanol–water partition coefficient (Wildman–Crippen LogP) is 1.67. The summed E-state index contributed by atoms with van der Waals surface area (Å²) in [6, 6.07) is 4.17. The van der Waals surface area contributed by atoms with Gasteiger partial charge < -0.3 is 15.8 Å². The summed E-state index contributed by atoms with van der Waals surface area (Å²) in [5.41, 5.74) is 5.49. The molecular weight excluding hydrogens is 262 g/mol. The fourth-order valence-electron chi connectivity index (χ4n) is 2.23. The minimum Gasteiger partial charge on any atom is -0.379 e. The molecule has 1 amide bonds. The largest absolute Gasteiger partial charge is 0.379 e. The molecule has 7 nitrogen and oxygen atoms in total. The molecule has 2 rings (SSSR count). The summed E-state index contributed by atoms with van der Waals surface area (Å²) in [6.45, 7) is 1.37. The van der Waals surface area contributed by atoms with Crippen molar-refractivity contribution in [1.82, 2.24) is 0 Å². The lowest BCUT2D eigenvalue weighted by atomic mass is 10.1. The SMILES string of the molecule is NC(=O)c1ccc(NCC[C@H]2CCCO2)c([N+](=O)[O-])c1. The van der Waals surface area contributed by atoms with Gasteiger partial charge in [0.25, 0.3) is 5.69 Å². The molecule has 0 bridgehead atoms. The second-order valence-corrected chi connectivity index (χ2v) is 4.70. The lowest BCUT2D eigenvalue weighted by Gasteiger charge is -2.11. The van der Waals surface area contributed by atoms with Crippen molar-refractivity contribution in [3.63, 3.8) is 0 Å². The molecule has 1 aromatic rings. The second kappa shape index (κ2) is 6.33. The van der Waals surface area contributed by atoms with Crippen molar-refractivity contribution in [1.29, 1.82) is 0 Å². The number of anilines is 1. The number of hydrogen-bond acceptors (Lipinski definition) is 5. The van der Waals surface area contributed by atoms with E-state index in [0.29, 0.717) is 12.2 Å². The number of nitrogens with two attached hydrogens (primary N) is 1. The zero-order valence-electron chi connectivity index (χ0n) is 11.0. The van der Waals surface area contributed by atoms with E-state index in [1.807, 2.05) is 0 Å². The number of amides is 1. The molecule has 1 saturated heterocycles. The van der Waals surface area contributed by atoms with E-state index >= 15 is 0 Å². The first-order valence-corrected chi connectivity index (χ1v) is 6.51. The van der Waals surface area contributed by atoms with Crippen LogP contribution >= 0.6 is 0 Å². The standard InChI is InChI=1S/C13H17N3O4/c14-13(17)9-3-4-11(12(8-9)16(18)19)15-6-5-10-2-1-7-20-10/h3-4,8,10,15H,1-2,5-7H2,(H2,14,17)/t10-/m1/s1. The summed E-state index contributed by atoms with van der Waals surface area (Å²) >= 11 is 0. The Hall–Kier alpha value is -2.15. The molecule has 1 aromatic carbocycles. The van der Waals surface area contributed by atoms with Crippen LogP contribution in [0.5, 0.6) is 0 Å². The highest BCUT2D eigenvalue weighted by atomic mass is 16.6. The maximum Gasteiger partial charge on any atom is 0.293 e. The Bertz CT molecular complexity index is 512. The molecule has 0 aliphatic carbocycles. The molecule has 1 fully saturated rings. The minimum atomic E-state index is -0.681. The monoisotopic (exact) mass is 279 g/mol. The third-order valence-electron chi connectivity index (χ3n) is 3.28. The van der Waals surface area contributed by atoms with Gasteiger partial charge in [-0.15, -0.1) is 0 Å². The van der Waals surface area contributed by atoms with Crippen molar-refractivity contribution < 1.29 is 14.5 Å². The van der Waals surface area contributed by atoms with Crippen LogP contribution in [0.4, 0.5) is 11.4 Å². The van der Waals surface area contributed by atoms with Gasteiger partial charge in [-0.3, -0.25) is 14.9 Å². The molecular formula is C13H17N3O4. The van der Waals surface area contributed by atoms with E-state index in [4.69, 9.17) is 10.5 Å². The molecule has 20 heavy (non-hydrogen) atoms. The minimum absolute atomic E-state index is 0.126. The van der Waals surface area contributed by atoms with Gasteiger partial charge in [-0.1, -0.05) is 0 Å². The molecule has 108 valence electrons. The van der Waals surface area contributed by atoms with E-state index in [1.165, 1.54) is 18.2 Å². The van der Waals surface area contributed by atoms with Gasteiger partial charge in [-0.05, 0) is 31.4 Å². The maximum absolute atomic E-state index is 11.0. The number of carbonyl (C=O) groups excluding carboxylic acids is 1. The van der Waals surface area contributed by atoms with Crippen LogP contribution in [0.25, 0.3) is 0 Å². The quantitative estimate of drug-likeness (QED) is 0.608. The van der Waals surface area contributed by atoms with E-state index < -0.39 is 10.8 Å². The van der Waals surface area contributed by atoms with Gasteiger partial charge in [-0.2, -0.15) is 0 Å². The Labute approximate surface area is 116 Å². The fourth-order valence-corrected chi connectivity index (χ4v) is 2.23. The number of primary amides is 1. The third-order valence-corrected chi connectivity index (χ3v) is 3.28. The number of nitrogens with zero attached hydrogens (tertiary/aromatic N) is 1. The first-order valence-electron chi connectivity index (χ1n) is 6.51. The molecule has 0 spiro atoms. The molecule has 1 aliphatic rings. The Morgan fingerprint density at radius 3 is 2.95 bits per heavy atom. The molecule has 1 atom stereocenters. The topological polar surface area (TPSA) is 107 Å². The summed E-state index contributed by atoms with van der Waals surface area (Å²) in [5, 5.41) is 14.0. The van der Waals surface area contributed by atoms with Crippen LogP contribution in [0.15, 0.2) is 18.2 Å². The molecule has 0 aromatic heterocycles. The first-order chi connectivity index (χ1) is 9.58. The van der Waals surface area contributed by atoms with Crippen LogP contribution in [0.3, 0.4) is 0 Å². The third kappa shape index (κ3) is 3.45. The maximum atomic E-state index is 11.0. The zero-order chi connectivity index (χ0) is 14.5. The Kier molecular flexibility index (Phi) is 4.52. The Balaban J connectivity index is 2.02. The summed E-state index contributed by atoms with van der Waals surface area (Å²) in [4.78, 5) is 21.5. The summed E-state index contributed by atoms with van der Waals surface area (Å²) in [6.07, 6.45) is 3.13. The summed E-state index contributed by atoms with van der Waals surface area (Å²) in [7, 11) is 0. The van der Waals surface area contributed by atoms with Crippen molar-refractivity contribution in [3.8, 4) is 0 Å². The highest BCUT2D eigenvalue weighted by Gasteiger charge is 2.18. The van der Waals surface area contributed by atoms with Gasteiger partial charge >= 0.3 is 0 Å². The number of benzene rings is 1. The van der Waals surface area contributed by atoms with E-state index in [9.17, 15) is 14.9 Å². The number of ether oxygens (including phenoxy) is 1. The van der Waals surface area contributed by atoms with E-state index in [-0.39, 0.29) is 17.4 Å². The highest BCUT2D eigenvalue weighted by Crippen LogP contribution is 2.26. The van der Waals surface area contributed by atoms with Gasteiger partial charge in [0.1, 0.15) is 5.69 Å². The number of nitrogens with one attached hydrogen (secondary N) is 1. The van der Waals surface area contributed by atoms with Gasteiger partial charge in [0.15, 0.2) is 0 Å². The molecule has 3 N–H and O–H groups in total. The van der Waals surface area contributed by atoms with Crippen molar-refractivity contribution in [3.05, 3.63) is 33.9 Å². The van der Waals surface area contributed by atoms with Gasteiger partial charge in [0, 0.05) is 24.8 Å². The summed E-state index contributed by atoms with van der Waals surface area (Å²) in [5.74, 6) is -0.681. The molecule has 7 heteroatoms. The average Bonchev–Trinajstić information content (AvgIpc) is 2.91. The van der Waals surface area contributed by atoms with Crippen LogP contribution < -0.4 is 11.1 Å². The Morgan fingerprint density at radius 2 is 2.35 bits per heavy atom. The number of rotatable bonds is 6. The van der Waals surface area contributed by atoms with Crippen LogP contribution in [-0.2, 0) is 4.74 Å². The van der Waals surface area contributed by atoms with Gasteiger partial charge in [0.2, 0.25) is 5.91 Å². The normalized spacial score (nSPS) is 17.9. The fraction of sp³-hybridized carbons (Fsp3) is 0.462. The zero-order valence-corrected chi connectivity index (χ0v) is 11.0. The number of nitro groups is 1. The van der Waals surface area contributed by atoms with E-state index in [1.54, 1.807) is 0 Å². The van der Waals surface area contributed by atoms with Crippen molar-refractivity contribution in [2.75, 3.05) is 18.5 Å². The van der Waals surface area contributed by atoms with Crippen LogP contribution in [0.1, 0.15) is 29.6 Å². The molecule has 1 heterocycles. The van der Waals surface area contributed by atoms with Gasteiger partial charge in [-0.25, -0.2) is 0 Å². The number of hydrogen-bond donors (Lipinski definition) is 2. The molecule has 0 saturated carbocycles. The van der Waals surface area contributed by atoms with Crippen LogP contribution in [0, 0.1) is 10.1 Å². The lowest BCUT2D eigenvalue weighted by molar-refractivity contribution is -0.384. The van der Waals surface area contributed by atoms with Gasteiger partial charge in [0.05, 0.1) is 11.0 Å². The number of nitro benzene ring substituents is 1. The second-order valence-electron chi connectivity index (χ2n) is 4.70. The average molecular weight is 279 g/mol. The van der Waals surface area contributed by atoms with E-state index in [2.05, 4.69) is 5.32 Å². The van der Waals surface area contributed by atoms with Crippen molar-refractivity contribution in [2.45, 2.75) is 25.4 Å². The molecule has 0 unspecified atom stereocenters. The first kappa shape index (κ1) is 14.3. The molecule has 1 aliphatic heterocycles. The van der Waals surface area contributed by atoms with Crippen molar-refractivity contribution in [2.24, 2.45) is 5.73 Å². The number of carbonyl (C=O) groups is 1. The smallest absolute Gasteiger partial charge is 0.293 e. The van der Waals surface area contributed by atoms with Crippen molar-refractivity contribution >= 4 is 17.3 Å². The predicted molar refractivity (Wildman–Crippen MR) is 73.7 cm³/mol. The summed E-state index contributed by atoms with van der Waals surface area (Å²) < 4.78 is 5.48. The molecule has 0 radical (unpaired) electrons. The van der Waals surface area contributed by atoms with Crippen LogP contribution in [0.2, 0.25) is 0 Å².